The lowest BCUT2D eigenvalue weighted by Gasteiger charge is -2.10. The third kappa shape index (κ3) is 5.69. The normalized spacial score (nSPS) is 12.2. The van der Waals surface area contributed by atoms with Crippen LogP contribution in [0, 0.1) is 0 Å². The maximum absolute atomic E-state index is 11.8. The van der Waals surface area contributed by atoms with Gasteiger partial charge in [-0.05, 0) is 18.6 Å². The number of halogens is 2. The van der Waals surface area contributed by atoms with Crippen LogP contribution in [-0.4, -0.2) is 21.6 Å². The van der Waals surface area contributed by atoms with Gasteiger partial charge in [-0.15, -0.1) is 0 Å². The molecule has 0 saturated heterocycles. The third-order valence-corrected chi connectivity index (χ3v) is 4.55. The zero-order chi connectivity index (χ0) is 15.1. The minimum absolute atomic E-state index is 0.175. The largest absolute Gasteiger partial charge is 0.397 e. The summed E-state index contributed by atoms with van der Waals surface area (Å²) in [6, 6.07) is 3.02. The Labute approximate surface area is 131 Å². The molecule has 1 amide bonds. The van der Waals surface area contributed by atoms with Gasteiger partial charge in [0.2, 0.25) is 5.91 Å². The van der Waals surface area contributed by atoms with Crippen LogP contribution in [0.15, 0.2) is 12.1 Å². The molecule has 0 bridgehead atoms. The highest BCUT2D eigenvalue weighted by molar-refractivity contribution is 7.84. The third-order valence-electron chi connectivity index (χ3n) is 2.63. The molecule has 0 spiro atoms. The number of hydrogen-bond donors (Lipinski definition) is 2. The average molecular weight is 337 g/mol. The van der Waals surface area contributed by atoms with Gasteiger partial charge in [-0.1, -0.05) is 36.5 Å². The fourth-order valence-corrected chi connectivity index (χ4v) is 3.33. The van der Waals surface area contributed by atoms with E-state index in [0.29, 0.717) is 27.9 Å². The lowest BCUT2D eigenvalue weighted by Crippen LogP contribution is -2.17. The Hall–Kier alpha value is -0.780. The molecule has 7 heteroatoms. The standard InChI is InChI=1S/C13H18Cl2N2O2S/c1-2-3-5-20(19)6-4-12(18)17-13-10(15)7-9(14)8-11(13)16/h7-8H,2-6,16H2,1H3,(H,17,18). The molecule has 0 heterocycles. The van der Waals surface area contributed by atoms with Crippen LogP contribution in [0.1, 0.15) is 26.2 Å². The van der Waals surface area contributed by atoms with Crippen molar-refractivity contribution in [3.63, 3.8) is 0 Å². The highest BCUT2D eigenvalue weighted by Gasteiger charge is 2.11. The van der Waals surface area contributed by atoms with Crippen molar-refractivity contribution < 1.29 is 9.00 Å². The minimum atomic E-state index is -0.959. The van der Waals surface area contributed by atoms with Crippen LogP contribution in [0.4, 0.5) is 11.4 Å². The molecule has 1 aromatic rings. The van der Waals surface area contributed by atoms with Crippen molar-refractivity contribution in [3.05, 3.63) is 22.2 Å². The Morgan fingerprint density at radius 2 is 2.05 bits per heavy atom. The van der Waals surface area contributed by atoms with Gasteiger partial charge < -0.3 is 11.1 Å². The molecular formula is C13H18Cl2N2O2S. The number of nitrogen functional groups attached to an aromatic ring is 1. The van der Waals surface area contributed by atoms with Gasteiger partial charge in [-0.25, -0.2) is 0 Å². The maximum Gasteiger partial charge on any atom is 0.225 e. The number of carbonyl (C=O) groups excluding carboxylic acids is 1. The van der Waals surface area contributed by atoms with Crippen molar-refractivity contribution in [2.24, 2.45) is 0 Å². The second-order valence-corrected chi connectivity index (χ2v) is 6.89. The molecule has 1 unspecified atom stereocenters. The summed E-state index contributed by atoms with van der Waals surface area (Å²) in [7, 11) is -0.959. The summed E-state index contributed by atoms with van der Waals surface area (Å²) in [4.78, 5) is 11.8. The topological polar surface area (TPSA) is 72.2 Å². The Bertz CT molecular complexity index is 486. The molecule has 4 nitrogen and oxygen atoms in total. The van der Waals surface area contributed by atoms with Gasteiger partial charge in [-0.3, -0.25) is 9.00 Å². The summed E-state index contributed by atoms with van der Waals surface area (Å²) in [6.45, 7) is 2.04. The van der Waals surface area contributed by atoms with Gasteiger partial charge in [0.05, 0.1) is 16.4 Å². The van der Waals surface area contributed by atoms with Crippen LogP contribution in [0.25, 0.3) is 0 Å². The maximum atomic E-state index is 11.8. The van der Waals surface area contributed by atoms with Crippen molar-refractivity contribution >= 4 is 51.3 Å². The predicted octanol–water partition coefficient (Wildman–Crippen LogP) is 3.45. The molecule has 0 saturated carbocycles. The minimum Gasteiger partial charge on any atom is -0.397 e. The summed E-state index contributed by atoms with van der Waals surface area (Å²) in [6.07, 6.45) is 2.08. The summed E-state index contributed by atoms with van der Waals surface area (Å²) in [5.41, 5.74) is 6.40. The molecule has 20 heavy (non-hydrogen) atoms. The summed E-state index contributed by atoms with van der Waals surface area (Å²) in [5.74, 6) is 0.718. The summed E-state index contributed by atoms with van der Waals surface area (Å²) >= 11 is 11.8. The van der Waals surface area contributed by atoms with E-state index in [0.717, 1.165) is 12.8 Å². The van der Waals surface area contributed by atoms with E-state index in [1.807, 2.05) is 6.92 Å². The van der Waals surface area contributed by atoms with Gasteiger partial charge in [0, 0.05) is 33.7 Å². The van der Waals surface area contributed by atoms with Gasteiger partial charge in [-0.2, -0.15) is 0 Å². The Balaban J connectivity index is 2.53. The lowest BCUT2D eigenvalue weighted by atomic mass is 10.2. The molecule has 3 N–H and O–H groups in total. The highest BCUT2D eigenvalue weighted by Crippen LogP contribution is 2.32. The predicted molar refractivity (Wildman–Crippen MR) is 86.9 cm³/mol. The fourth-order valence-electron chi connectivity index (χ4n) is 1.54. The quantitative estimate of drug-likeness (QED) is 0.749. The van der Waals surface area contributed by atoms with E-state index >= 15 is 0 Å². The smallest absolute Gasteiger partial charge is 0.225 e. The van der Waals surface area contributed by atoms with Crippen LogP contribution in [0.3, 0.4) is 0 Å². The van der Waals surface area contributed by atoms with E-state index in [1.165, 1.54) is 12.1 Å². The molecule has 0 aliphatic heterocycles. The fraction of sp³-hybridized carbons (Fsp3) is 0.462. The monoisotopic (exact) mass is 336 g/mol. The second kappa shape index (κ2) is 8.49. The van der Waals surface area contributed by atoms with E-state index in [4.69, 9.17) is 28.9 Å². The Kier molecular flexibility index (Phi) is 7.34. The molecule has 112 valence electrons. The van der Waals surface area contributed by atoms with Crippen molar-refractivity contribution in [2.75, 3.05) is 22.6 Å². The van der Waals surface area contributed by atoms with Crippen molar-refractivity contribution in [2.45, 2.75) is 26.2 Å². The number of hydrogen-bond acceptors (Lipinski definition) is 3. The van der Waals surface area contributed by atoms with Crippen LogP contribution < -0.4 is 11.1 Å². The number of nitrogens with one attached hydrogen (secondary N) is 1. The van der Waals surface area contributed by atoms with Crippen LogP contribution in [0.2, 0.25) is 10.0 Å². The molecule has 1 atom stereocenters. The first-order valence-corrected chi connectivity index (χ1v) is 8.57. The molecule has 0 aliphatic carbocycles. The first-order chi connectivity index (χ1) is 9.43. The number of carbonyl (C=O) groups is 1. The molecule has 0 fully saturated rings. The van der Waals surface area contributed by atoms with Crippen molar-refractivity contribution in [1.82, 2.24) is 0 Å². The van der Waals surface area contributed by atoms with Gasteiger partial charge in [0.25, 0.3) is 0 Å². The van der Waals surface area contributed by atoms with Gasteiger partial charge in [0.1, 0.15) is 0 Å². The highest BCUT2D eigenvalue weighted by atomic mass is 35.5. The molecule has 1 rings (SSSR count). The van der Waals surface area contributed by atoms with Crippen LogP contribution in [0.5, 0.6) is 0 Å². The number of rotatable bonds is 7. The number of anilines is 2. The van der Waals surface area contributed by atoms with E-state index in [9.17, 15) is 9.00 Å². The Morgan fingerprint density at radius 1 is 1.35 bits per heavy atom. The zero-order valence-corrected chi connectivity index (χ0v) is 13.6. The molecule has 0 aliphatic rings. The van der Waals surface area contributed by atoms with Crippen LogP contribution in [-0.2, 0) is 15.6 Å². The lowest BCUT2D eigenvalue weighted by molar-refractivity contribution is -0.115. The summed E-state index contributed by atoms with van der Waals surface area (Å²) < 4.78 is 11.6. The molecular weight excluding hydrogens is 319 g/mol. The van der Waals surface area contributed by atoms with Gasteiger partial charge in [0.15, 0.2) is 0 Å². The first-order valence-electron chi connectivity index (χ1n) is 6.33. The van der Waals surface area contributed by atoms with E-state index in [1.54, 1.807) is 0 Å². The van der Waals surface area contributed by atoms with Crippen molar-refractivity contribution in [1.29, 1.82) is 0 Å². The SMILES string of the molecule is CCCCS(=O)CCC(=O)Nc1c(N)cc(Cl)cc1Cl. The average Bonchev–Trinajstić information content (AvgIpc) is 2.38. The summed E-state index contributed by atoms with van der Waals surface area (Å²) in [5, 5.41) is 3.32. The van der Waals surface area contributed by atoms with E-state index in [-0.39, 0.29) is 17.4 Å². The Morgan fingerprint density at radius 3 is 2.65 bits per heavy atom. The number of unbranched alkanes of at least 4 members (excludes halogenated alkanes) is 1. The number of benzene rings is 1. The second-order valence-electron chi connectivity index (χ2n) is 4.35. The van der Waals surface area contributed by atoms with Gasteiger partial charge >= 0.3 is 0 Å². The number of amides is 1. The van der Waals surface area contributed by atoms with E-state index in [2.05, 4.69) is 5.32 Å². The van der Waals surface area contributed by atoms with Crippen LogP contribution >= 0.6 is 23.2 Å². The van der Waals surface area contributed by atoms with Crippen molar-refractivity contribution in [3.8, 4) is 0 Å². The molecule has 1 aromatic carbocycles. The molecule has 0 aromatic heterocycles. The number of nitrogens with two attached hydrogens (primary N) is 1. The molecule has 0 radical (unpaired) electrons. The van der Waals surface area contributed by atoms with E-state index < -0.39 is 10.8 Å². The first kappa shape index (κ1) is 17.3. The zero-order valence-electron chi connectivity index (χ0n) is 11.2.